The molecule has 28 heavy (non-hydrogen) atoms. The molecule has 0 saturated carbocycles. The summed E-state index contributed by atoms with van der Waals surface area (Å²) in [6.45, 7) is 0. The van der Waals surface area contributed by atoms with E-state index in [4.69, 9.17) is 0 Å². The van der Waals surface area contributed by atoms with Gasteiger partial charge in [-0.25, -0.2) is 0 Å². The lowest BCUT2D eigenvalue weighted by Gasteiger charge is -2.07. The fraction of sp³-hybridized carbons (Fsp3) is 0.211. The van der Waals surface area contributed by atoms with Crippen LogP contribution in [0.2, 0.25) is 0 Å². The van der Waals surface area contributed by atoms with Gasteiger partial charge >= 0.3 is 6.18 Å². The normalized spacial score (nSPS) is 11.4. The summed E-state index contributed by atoms with van der Waals surface area (Å²) in [6.07, 6.45) is -3.40. The zero-order chi connectivity index (χ0) is 20.0. The van der Waals surface area contributed by atoms with E-state index in [9.17, 15) is 18.0 Å². The van der Waals surface area contributed by atoms with Crippen LogP contribution in [-0.2, 0) is 23.1 Å². The number of aromatic nitrogens is 2. The van der Waals surface area contributed by atoms with E-state index in [1.807, 2.05) is 30.3 Å². The zero-order valence-corrected chi connectivity index (χ0v) is 16.2. The maximum Gasteiger partial charge on any atom is 0.416 e. The summed E-state index contributed by atoms with van der Waals surface area (Å²) in [4.78, 5) is 12.0. The van der Waals surface area contributed by atoms with E-state index in [-0.39, 0.29) is 5.91 Å². The summed E-state index contributed by atoms with van der Waals surface area (Å²) in [5.41, 5.74) is 0.949. The van der Waals surface area contributed by atoms with Crippen LogP contribution in [-0.4, -0.2) is 16.1 Å². The summed E-state index contributed by atoms with van der Waals surface area (Å²) >= 11 is 2.48. The van der Waals surface area contributed by atoms with Gasteiger partial charge in [0.2, 0.25) is 11.0 Å². The monoisotopic (exact) mass is 423 g/mol. The van der Waals surface area contributed by atoms with Crippen LogP contribution in [0, 0.1) is 0 Å². The van der Waals surface area contributed by atoms with Crippen molar-refractivity contribution < 1.29 is 18.0 Å². The molecule has 1 amide bonds. The van der Waals surface area contributed by atoms with Crippen LogP contribution in [0.25, 0.3) is 0 Å². The van der Waals surface area contributed by atoms with E-state index in [1.54, 1.807) is 6.07 Å². The molecule has 0 fully saturated rings. The molecule has 0 bridgehead atoms. The Hall–Kier alpha value is -2.39. The van der Waals surface area contributed by atoms with Gasteiger partial charge in [-0.2, -0.15) is 13.2 Å². The Morgan fingerprint density at radius 1 is 1.04 bits per heavy atom. The van der Waals surface area contributed by atoms with Crippen molar-refractivity contribution in [2.75, 3.05) is 5.32 Å². The molecule has 3 aromatic rings. The smallest absolute Gasteiger partial charge is 0.300 e. The second-order valence-electron chi connectivity index (χ2n) is 5.89. The van der Waals surface area contributed by atoms with Gasteiger partial charge in [0.1, 0.15) is 0 Å². The molecule has 0 saturated heterocycles. The minimum Gasteiger partial charge on any atom is -0.300 e. The van der Waals surface area contributed by atoms with Crippen molar-refractivity contribution in [3.63, 3.8) is 0 Å². The number of aryl methyl sites for hydroxylation is 1. The van der Waals surface area contributed by atoms with Crippen molar-refractivity contribution in [3.05, 3.63) is 71.3 Å². The molecule has 9 heteroatoms. The molecule has 0 atom stereocenters. The highest BCUT2D eigenvalue weighted by molar-refractivity contribution is 8.00. The van der Waals surface area contributed by atoms with Crippen molar-refractivity contribution in [2.45, 2.75) is 29.1 Å². The number of halogens is 3. The molecule has 0 aliphatic heterocycles. The minimum absolute atomic E-state index is 0.158. The summed E-state index contributed by atoms with van der Waals surface area (Å²) in [5.74, 6) is 0.176. The van der Waals surface area contributed by atoms with Crippen LogP contribution in [0.5, 0.6) is 0 Å². The standard InChI is InChI=1S/C19H16F3N3OS2/c20-19(21,22)15-8-4-7-14(11-15)12-27-18-25-24-17(28-18)23-16(26)10-9-13-5-2-1-3-6-13/h1-8,11H,9-10,12H2,(H,23,24,26). The van der Waals surface area contributed by atoms with Crippen LogP contribution in [0.1, 0.15) is 23.1 Å². The van der Waals surface area contributed by atoms with Crippen LogP contribution >= 0.6 is 23.1 Å². The van der Waals surface area contributed by atoms with Gasteiger partial charge in [0.05, 0.1) is 5.56 Å². The molecule has 1 aromatic heterocycles. The van der Waals surface area contributed by atoms with Gasteiger partial charge < -0.3 is 5.32 Å². The largest absolute Gasteiger partial charge is 0.416 e. The van der Waals surface area contributed by atoms with Gasteiger partial charge in [0.15, 0.2) is 4.34 Å². The molecular weight excluding hydrogens is 407 g/mol. The number of hydrogen-bond acceptors (Lipinski definition) is 5. The summed E-state index contributed by atoms with van der Waals surface area (Å²) in [7, 11) is 0. The molecule has 0 radical (unpaired) electrons. The molecule has 1 heterocycles. The zero-order valence-electron chi connectivity index (χ0n) is 14.6. The maximum atomic E-state index is 12.8. The summed E-state index contributed by atoms with van der Waals surface area (Å²) < 4.78 is 38.9. The van der Waals surface area contributed by atoms with Gasteiger partial charge in [-0.15, -0.1) is 10.2 Å². The lowest BCUT2D eigenvalue weighted by molar-refractivity contribution is -0.137. The molecule has 4 nitrogen and oxygen atoms in total. The molecule has 0 spiro atoms. The lowest BCUT2D eigenvalue weighted by Crippen LogP contribution is -2.12. The number of amides is 1. The molecule has 2 aromatic carbocycles. The van der Waals surface area contributed by atoms with Crippen LogP contribution < -0.4 is 5.32 Å². The third-order valence-electron chi connectivity index (χ3n) is 3.75. The lowest BCUT2D eigenvalue weighted by atomic mass is 10.1. The van der Waals surface area contributed by atoms with Gasteiger partial charge in [-0.3, -0.25) is 4.79 Å². The van der Waals surface area contributed by atoms with E-state index < -0.39 is 11.7 Å². The minimum atomic E-state index is -4.36. The first-order valence-corrected chi connectivity index (χ1v) is 10.2. The number of benzene rings is 2. The van der Waals surface area contributed by atoms with Gasteiger partial charge in [-0.05, 0) is 23.6 Å². The first kappa shape index (κ1) is 20.3. The fourth-order valence-corrected chi connectivity index (χ4v) is 4.10. The van der Waals surface area contributed by atoms with Crippen molar-refractivity contribution in [1.29, 1.82) is 0 Å². The Kier molecular flexibility index (Phi) is 6.69. The Morgan fingerprint density at radius 3 is 2.54 bits per heavy atom. The van der Waals surface area contributed by atoms with E-state index in [0.717, 1.165) is 17.7 Å². The number of alkyl halides is 3. The van der Waals surface area contributed by atoms with Crippen molar-refractivity contribution in [2.24, 2.45) is 0 Å². The molecule has 0 unspecified atom stereocenters. The van der Waals surface area contributed by atoms with Crippen LogP contribution in [0.4, 0.5) is 18.3 Å². The third kappa shape index (κ3) is 6.07. The number of thioether (sulfide) groups is 1. The van der Waals surface area contributed by atoms with E-state index in [1.165, 1.54) is 29.2 Å². The third-order valence-corrected chi connectivity index (χ3v) is 5.80. The Balaban J connectivity index is 1.49. The van der Waals surface area contributed by atoms with Gasteiger partial charge in [0, 0.05) is 12.2 Å². The highest BCUT2D eigenvalue weighted by atomic mass is 32.2. The highest BCUT2D eigenvalue weighted by Crippen LogP contribution is 2.32. The topological polar surface area (TPSA) is 54.9 Å². The van der Waals surface area contributed by atoms with Crippen LogP contribution in [0.15, 0.2) is 58.9 Å². The maximum absolute atomic E-state index is 12.8. The number of carbonyl (C=O) groups excluding carboxylic acids is 1. The van der Waals surface area contributed by atoms with Crippen molar-refractivity contribution >= 4 is 34.1 Å². The predicted octanol–water partition coefficient (Wildman–Crippen LogP) is 5.42. The number of rotatable bonds is 7. The summed E-state index contributed by atoms with van der Waals surface area (Å²) in [5, 5.41) is 11.0. The van der Waals surface area contributed by atoms with Crippen molar-refractivity contribution in [1.82, 2.24) is 10.2 Å². The molecule has 0 aliphatic carbocycles. The van der Waals surface area contributed by atoms with E-state index >= 15 is 0 Å². The Labute approximate surface area is 168 Å². The molecule has 0 aliphatic rings. The Morgan fingerprint density at radius 2 is 1.79 bits per heavy atom. The average molecular weight is 423 g/mol. The molecule has 146 valence electrons. The van der Waals surface area contributed by atoms with Crippen LogP contribution in [0.3, 0.4) is 0 Å². The average Bonchev–Trinajstić information content (AvgIpc) is 3.12. The first-order valence-electron chi connectivity index (χ1n) is 8.36. The molecule has 3 rings (SSSR count). The highest BCUT2D eigenvalue weighted by Gasteiger charge is 2.30. The van der Waals surface area contributed by atoms with E-state index in [0.29, 0.717) is 33.6 Å². The van der Waals surface area contributed by atoms with E-state index in [2.05, 4.69) is 15.5 Å². The number of anilines is 1. The number of hydrogen-bond donors (Lipinski definition) is 1. The van der Waals surface area contributed by atoms with Crippen molar-refractivity contribution in [3.8, 4) is 0 Å². The Bertz CT molecular complexity index is 929. The SMILES string of the molecule is O=C(CCc1ccccc1)Nc1nnc(SCc2cccc(C(F)(F)F)c2)s1. The molecule has 1 N–H and O–H groups in total. The number of carbonyl (C=O) groups is 1. The predicted molar refractivity (Wildman–Crippen MR) is 104 cm³/mol. The number of nitrogens with one attached hydrogen (secondary N) is 1. The fourth-order valence-electron chi connectivity index (χ4n) is 2.39. The first-order chi connectivity index (χ1) is 13.4. The quantitative estimate of drug-likeness (QED) is 0.407. The molecular formula is C19H16F3N3OS2. The second kappa shape index (κ2) is 9.20. The number of nitrogens with zero attached hydrogens (tertiary/aromatic N) is 2. The van der Waals surface area contributed by atoms with Gasteiger partial charge in [0.25, 0.3) is 0 Å². The summed E-state index contributed by atoms with van der Waals surface area (Å²) in [6, 6.07) is 14.9. The second-order valence-corrected chi connectivity index (χ2v) is 8.09. The van der Waals surface area contributed by atoms with Gasteiger partial charge in [-0.1, -0.05) is 71.6 Å².